The van der Waals surface area contributed by atoms with E-state index in [1.165, 1.54) is 11.1 Å². The summed E-state index contributed by atoms with van der Waals surface area (Å²) in [5, 5.41) is 11.9. The largest absolute Gasteiger partial charge is 0.411 e. The molecule has 0 aliphatic heterocycles. The fourth-order valence-corrected chi connectivity index (χ4v) is 3.51. The molecule has 0 heterocycles. The molecule has 82 valence electrons. The number of hydrogen-bond acceptors (Lipinski definition) is 3. The second kappa shape index (κ2) is 3.55. The third-order valence-corrected chi connectivity index (χ3v) is 4.37. The Hall–Kier alpha value is -0.910. The molecule has 0 fully saturated rings. The van der Waals surface area contributed by atoms with Gasteiger partial charge >= 0.3 is 0 Å². The lowest BCUT2D eigenvalue weighted by Crippen LogP contribution is -2.08. The Labute approximate surface area is 107 Å². The van der Waals surface area contributed by atoms with E-state index < -0.39 is 0 Å². The molecule has 0 aromatic heterocycles. The van der Waals surface area contributed by atoms with Gasteiger partial charge in [0, 0.05) is 15.6 Å². The Kier molecular flexibility index (Phi) is 2.27. The second-order valence-corrected chi connectivity index (χ2v) is 5.42. The van der Waals surface area contributed by atoms with Gasteiger partial charge in [0.15, 0.2) is 0 Å². The van der Waals surface area contributed by atoms with Crippen molar-refractivity contribution in [3.63, 3.8) is 0 Å². The fourth-order valence-electron chi connectivity index (χ4n) is 2.67. The number of carbonyl (C=O) groups is 1. The van der Waals surface area contributed by atoms with Crippen molar-refractivity contribution in [1.82, 2.24) is 0 Å². The van der Waals surface area contributed by atoms with Crippen LogP contribution in [-0.2, 0) is 19.3 Å². The van der Waals surface area contributed by atoms with Gasteiger partial charge in [-0.3, -0.25) is 4.79 Å². The number of carbonyl (C=O) groups excluding carboxylic acids is 1. The van der Waals surface area contributed by atoms with E-state index >= 15 is 0 Å². The van der Waals surface area contributed by atoms with Crippen LogP contribution < -0.4 is 0 Å². The van der Waals surface area contributed by atoms with Gasteiger partial charge in [-0.2, -0.15) is 0 Å². The molecule has 0 radical (unpaired) electrons. The maximum Gasteiger partial charge on any atom is 0.211 e. The molecule has 0 saturated carbocycles. The van der Waals surface area contributed by atoms with E-state index in [4.69, 9.17) is 5.21 Å². The van der Waals surface area contributed by atoms with E-state index in [-0.39, 0.29) is 11.5 Å². The first-order valence-corrected chi connectivity index (χ1v) is 6.39. The minimum atomic E-state index is -0.0748. The van der Waals surface area contributed by atoms with Crippen molar-refractivity contribution in [1.29, 1.82) is 0 Å². The Balaban J connectivity index is 2.29. The van der Waals surface area contributed by atoms with Crippen molar-refractivity contribution < 1.29 is 10.0 Å². The van der Waals surface area contributed by atoms with Gasteiger partial charge in [-0.05, 0) is 64.6 Å². The predicted molar refractivity (Wildman–Crippen MR) is 68.4 cm³/mol. The van der Waals surface area contributed by atoms with Gasteiger partial charge in [0.05, 0.1) is 0 Å². The number of oxime groups is 1. The van der Waals surface area contributed by atoms with Crippen molar-refractivity contribution in [2.45, 2.75) is 25.7 Å². The van der Waals surface area contributed by atoms with E-state index in [0.717, 1.165) is 34.0 Å². The topological polar surface area (TPSA) is 49.7 Å². The third-order valence-electron chi connectivity index (χ3n) is 3.41. The molecule has 1 N–H and O–H groups in total. The predicted octanol–water partition coefficient (Wildman–Crippen LogP) is 2.35. The lowest BCUT2D eigenvalue weighted by Gasteiger charge is -2.07. The Morgan fingerprint density at radius 2 is 2.12 bits per heavy atom. The molecule has 1 aromatic rings. The van der Waals surface area contributed by atoms with Crippen LogP contribution in [-0.4, -0.2) is 16.7 Å². The maximum atomic E-state index is 12.0. The standard InChI is InChI=1S/C12H10INO2/c13-9-4-6-2-1-3-7(6)11-8(9)5-10(14-16)12(11)15/h4,16H,1-3,5H2/b14-10+. The molecule has 0 saturated heterocycles. The first-order chi connectivity index (χ1) is 7.72. The van der Waals surface area contributed by atoms with Crippen LogP contribution >= 0.6 is 22.6 Å². The average Bonchev–Trinajstić information content (AvgIpc) is 2.83. The van der Waals surface area contributed by atoms with E-state index in [1.54, 1.807) is 0 Å². The van der Waals surface area contributed by atoms with Crippen molar-refractivity contribution >= 4 is 34.1 Å². The molecular formula is C12H10INO2. The zero-order valence-corrected chi connectivity index (χ0v) is 10.7. The molecule has 0 bridgehead atoms. The number of hydrogen-bond donors (Lipinski definition) is 1. The van der Waals surface area contributed by atoms with Gasteiger partial charge in [0.25, 0.3) is 0 Å². The number of ketones is 1. The molecule has 4 heteroatoms. The normalized spacial score (nSPS) is 20.3. The van der Waals surface area contributed by atoms with Crippen LogP contribution in [0.25, 0.3) is 0 Å². The summed E-state index contributed by atoms with van der Waals surface area (Å²) in [5.74, 6) is -0.0748. The Morgan fingerprint density at radius 1 is 1.31 bits per heavy atom. The number of Topliss-reactive ketones (excluding diaryl/α,β-unsaturated/α-hetero) is 1. The monoisotopic (exact) mass is 327 g/mol. The number of rotatable bonds is 0. The summed E-state index contributed by atoms with van der Waals surface area (Å²) in [4.78, 5) is 12.0. The van der Waals surface area contributed by atoms with E-state index in [0.29, 0.717) is 6.42 Å². The minimum absolute atomic E-state index is 0.0748. The fraction of sp³-hybridized carbons (Fsp3) is 0.333. The molecule has 0 spiro atoms. The number of halogens is 1. The van der Waals surface area contributed by atoms with E-state index in [9.17, 15) is 4.79 Å². The summed E-state index contributed by atoms with van der Waals surface area (Å²) in [6, 6.07) is 2.18. The second-order valence-electron chi connectivity index (χ2n) is 4.26. The highest BCUT2D eigenvalue weighted by Crippen LogP contribution is 2.35. The zero-order valence-electron chi connectivity index (χ0n) is 8.59. The number of aryl methyl sites for hydroxylation is 1. The third kappa shape index (κ3) is 1.25. The van der Waals surface area contributed by atoms with Crippen LogP contribution in [0.2, 0.25) is 0 Å². The highest BCUT2D eigenvalue weighted by atomic mass is 127. The molecule has 1 aromatic carbocycles. The first-order valence-electron chi connectivity index (χ1n) is 5.31. The summed E-state index contributed by atoms with van der Waals surface area (Å²) in [6.45, 7) is 0. The van der Waals surface area contributed by atoms with Crippen LogP contribution in [0.15, 0.2) is 11.2 Å². The number of fused-ring (bicyclic) bond motifs is 3. The Bertz CT molecular complexity index is 534. The molecule has 2 aliphatic carbocycles. The number of nitrogens with zero attached hydrogens (tertiary/aromatic N) is 1. The lowest BCUT2D eigenvalue weighted by molar-refractivity contribution is 0.106. The molecular weight excluding hydrogens is 317 g/mol. The van der Waals surface area contributed by atoms with Gasteiger partial charge in [-0.25, -0.2) is 0 Å². The first kappa shape index (κ1) is 10.3. The molecule has 3 rings (SSSR count). The van der Waals surface area contributed by atoms with Gasteiger partial charge < -0.3 is 5.21 Å². The van der Waals surface area contributed by atoms with Crippen LogP contribution in [0.5, 0.6) is 0 Å². The summed E-state index contributed by atoms with van der Waals surface area (Å²) in [5.41, 5.74) is 4.66. The summed E-state index contributed by atoms with van der Waals surface area (Å²) in [6.07, 6.45) is 3.66. The summed E-state index contributed by atoms with van der Waals surface area (Å²) in [7, 11) is 0. The highest BCUT2D eigenvalue weighted by Gasteiger charge is 2.33. The average molecular weight is 327 g/mol. The van der Waals surface area contributed by atoms with Crippen molar-refractivity contribution in [3.8, 4) is 0 Å². The van der Waals surface area contributed by atoms with Crippen molar-refractivity contribution in [3.05, 3.63) is 31.9 Å². The summed E-state index contributed by atoms with van der Waals surface area (Å²) >= 11 is 2.27. The van der Waals surface area contributed by atoms with Gasteiger partial charge in [0.2, 0.25) is 5.78 Å². The van der Waals surface area contributed by atoms with Crippen LogP contribution in [0, 0.1) is 3.57 Å². The van der Waals surface area contributed by atoms with Crippen molar-refractivity contribution in [2.24, 2.45) is 5.16 Å². The Morgan fingerprint density at radius 3 is 2.88 bits per heavy atom. The summed E-state index contributed by atoms with van der Waals surface area (Å²) < 4.78 is 1.13. The number of benzene rings is 1. The van der Waals surface area contributed by atoms with E-state index in [2.05, 4.69) is 33.8 Å². The molecule has 2 aliphatic rings. The quantitative estimate of drug-likeness (QED) is 0.452. The molecule has 3 nitrogen and oxygen atoms in total. The van der Waals surface area contributed by atoms with Gasteiger partial charge in [0.1, 0.15) is 5.71 Å². The molecule has 0 unspecified atom stereocenters. The van der Waals surface area contributed by atoms with E-state index in [1.807, 2.05) is 0 Å². The van der Waals surface area contributed by atoms with Gasteiger partial charge in [-0.15, -0.1) is 0 Å². The van der Waals surface area contributed by atoms with Crippen LogP contribution in [0.1, 0.15) is 33.5 Å². The molecule has 16 heavy (non-hydrogen) atoms. The molecule has 0 amide bonds. The van der Waals surface area contributed by atoms with Crippen LogP contribution in [0.4, 0.5) is 0 Å². The smallest absolute Gasteiger partial charge is 0.211 e. The zero-order chi connectivity index (χ0) is 11.3. The van der Waals surface area contributed by atoms with Crippen LogP contribution in [0.3, 0.4) is 0 Å². The highest BCUT2D eigenvalue weighted by molar-refractivity contribution is 14.1. The lowest BCUT2D eigenvalue weighted by atomic mass is 9.99. The maximum absolute atomic E-state index is 12.0. The minimum Gasteiger partial charge on any atom is -0.411 e. The SMILES string of the molecule is O=C1/C(=N/O)Cc2c(I)cc3c(c21)CCC3. The van der Waals surface area contributed by atoms with Gasteiger partial charge in [-0.1, -0.05) is 5.16 Å². The van der Waals surface area contributed by atoms with Crippen molar-refractivity contribution in [2.75, 3.05) is 0 Å². The molecule has 0 atom stereocenters.